The second-order valence-electron chi connectivity index (χ2n) is 3.85. The first kappa shape index (κ1) is 9.41. The summed E-state index contributed by atoms with van der Waals surface area (Å²) in [5.41, 5.74) is 9.22. The molecule has 74 valence electrons. The molecule has 2 rings (SSSR count). The number of hydrogen-bond acceptors (Lipinski definition) is 1. The van der Waals surface area contributed by atoms with Crippen LogP contribution < -0.4 is 5.73 Å². The fourth-order valence-corrected chi connectivity index (χ4v) is 1.84. The molecule has 0 fully saturated rings. The third kappa shape index (κ3) is 1.70. The molecular weight excluding hydrogens is 177 g/mol. The summed E-state index contributed by atoms with van der Waals surface area (Å²) in [6, 6.07) is 5.03. The summed E-state index contributed by atoms with van der Waals surface area (Å²) in [6.45, 7) is 1.97. The topological polar surface area (TPSA) is 26.0 Å². The van der Waals surface area contributed by atoms with Gasteiger partial charge < -0.3 is 5.73 Å². The number of fused-ring (bicyclic) bond motifs is 1. The van der Waals surface area contributed by atoms with Crippen LogP contribution in [0.1, 0.15) is 24.5 Å². The fraction of sp³-hybridized carbons (Fsp3) is 0.333. The Labute approximate surface area is 83.4 Å². The molecule has 1 aliphatic carbocycles. The first-order chi connectivity index (χ1) is 6.66. The molecule has 0 bridgehead atoms. The van der Waals surface area contributed by atoms with Gasteiger partial charge in [0, 0.05) is 6.04 Å². The number of hydrogen-bond donors (Lipinski definition) is 1. The summed E-state index contributed by atoms with van der Waals surface area (Å²) in [5.74, 6) is -0.175. The van der Waals surface area contributed by atoms with E-state index >= 15 is 0 Å². The van der Waals surface area contributed by atoms with Crippen molar-refractivity contribution in [1.82, 2.24) is 0 Å². The van der Waals surface area contributed by atoms with Crippen molar-refractivity contribution in [1.29, 1.82) is 0 Å². The SMILES string of the molecule is CC(N)C1=Cc2cc(F)ccc2CC1. The maximum absolute atomic E-state index is 13.0. The summed E-state index contributed by atoms with van der Waals surface area (Å²) in [5, 5.41) is 0. The minimum absolute atomic E-state index is 0.0754. The minimum Gasteiger partial charge on any atom is -0.324 e. The maximum atomic E-state index is 13.0. The lowest BCUT2D eigenvalue weighted by Crippen LogP contribution is -2.20. The van der Waals surface area contributed by atoms with Crippen LogP contribution in [0.3, 0.4) is 0 Å². The molecular formula is C12H14FN. The smallest absolute Gasteiger partial charge is 0.123 e. The van der Waals surface area contributed by atoms with Crippen LogP contribution in [-0.2, 0) is 6.42 Å². The van der Waals surface area contributed by atoms with E-state index in [-0.39, 0.29) is 11.9 Å². The molecule has 0 heterocycles. The molecule has 1 nitrogen and oxygen atoms in total. The van der Waals surface area contributed by atoms with E-state index in [0.717, 1.165) is 18.4 Å². The van der Waals surface area contributed by atoms with E-state index in [9.17, 15) is 4.39 Å². The fourth-order valence-electron chi connectivity index (χ4n) is 1.84. The number of nitrogens with two attached hydrogens (primary N) is 1. The lowest BCUT2D eigenvalue weighted by molar-refractivity contribution is 0.625. The highest BCUT2D eigenvalue weighted by Gasteiger charge is 2.12. The molecule has 0 saturated carbocycles. The third-order valence-electron chi connectivity index (χ3n) is 2.72. The zero-order chi connectivity index (χ0) is 10.1. The van der Waals surface area contributed by atoms with Crippen molar-refractivity contribution in [2.75, 3.05) is 0 Å². The Kier molecular flexibility index (Phi) is 2.38. The van der Waals surface area contributed by atoms with Crippen molar-refractivity contribution >= 4 is 6.08 Å². The van der Waals surface area contributed by atoms with E-state index in [2.05, 4.69) is 0 Å². The Balaban J connectivity index is 2.42. The Morgan fingerprint density at radius 2 is 2.14 bits per heavy atom. The highest BCUT2D eigenvalue weighted by Crippen LogP contribution is 2.25. The first-order valence-electron chi connectivity index (χ1n) is 4.91. The Morgan fingerprint density at radius 1 is 1.36 bits per heavy atom. The highest BCUT2D eigenvalue weighted by atomic mass is 19.1. The summed E-state index contributed by atoms with van der Waals surface area (Å²) in [6.07, 6.45) is 3.99. The lowest BCUT2D eigenvalue weighted by atomic mass is 9.89. The van der Waals surface area contributed by atoms with Crippen molar-refractivity contribution in [3.8, 4) is 0 Å². The minimum atomic E-state index is -0.175. The maximum Gasteiger partial charge on any atom is 0.123 e. The normalized spacial score (nSPS) is 17.2. The predicted molar refractivity (Wildman–Crippen MR) is 56.3 cm³/mol. The summed E-state index contributed by atoms with van der Waals surface area (Å²) >= 11 is 0. The van der Waals surface area contributed by atoms with Crippen LogP contribution >= 0.6 is 0 Å². The predicted octanol–water partition coefficient (Wildman–Crippen LogP) is 2.50. The van der Waals surface area contributed by atoms with Crippen LogP contribution in [-0.4, -0.2) is 6.04 Å². The number of rotatable bonds is 1. The van der Waals surface area contributed by atoms with Gasteiger partial charge in [-0.2, -0.15) is 0 Å². The monoisotopic (exact) mass is 191 g/mol. The molecule has 0 saturated heterocycles. The zero-order valence-electron chi connectivity index (χ0n) is 8.26. The molecule has 0 radical (unpaired) electrons. The van der Waals surface area contributed by atoms with Crippen molar-refractivity contribution in [3.05, 3.63) is 40.7 Å². The van der Waals surface area contributed by atoms with Crippen molar-refractivity contribution in [2.24, 2.45) is 5.73 Å². The quantitative estimate of drug-likeness (QED) is 0.725. The van der Waals surface area contributed by atoms with E-state index < -0.39 is 0 Å². The Bertz CT molecular complexity index is 380. The van der Waals surface area contributed by atoms with Crippen LogP contribution in [0.2, 0.25) is 0 Å². The van der Waals surface area contributed by atoms with Crippen LogP contribution in [0.15, 0.2) is 23.8 Å². The third-order valence-corrected chi connectivity index (χ3v) is 2.72. The van der Waals surface area contributed by atoms with Gasteiger partial charge in [0.1, 0.15) is 5.82 Å². The van der Waals surface area contributed by atoms with Gasteiger partial charge in [-0.1, -0.05) is 17.7 Å². The molecule has 0 aliphatic heterocycles. The van der Waals surface area contributed by atoms with Crippen LogP contribution in [0.5, 0.6) is 0 Å². The van der Waals surface area contributed by atoms with Gasteiger partial charge >= 0.3 is 0 Å². The number of aryl methyl sites for hydroxylation is 1. The lowest BCUT2D eigenvalue weighted by Gasteiger charge is -2.18. The van der Waals surface area contributed by atoms with Gasteiger partial charge in [0.05, 0.1) is 0 Å². The molecule has 1 aromatic carbocycles. The number of benzene rings is 1. The molecule has 14 heavy (non-hydrogen) atoms. The summed E-state index contributed by atoms with van der Waals surface area (Å²) in [7, 11) is 0. The number of halogens is 1. The van der Waals surface area contributed by atoms with Gasteiger partial charge in [-0.25, -0.2) is 4.39 Å². The zero-order valence-corrected chi connectivity index (χ0v) is 8.26. The van der Waals surface area contributed by atoms with Gasteiger partial charge in [-0.3, -0.25) is 0 Å². The standard InChI is InChI=1S/C12H14FN/c1-8(14)10-3-2-9-4-5-12(13)7-11(9)6-10/h4-8H,2-3,14H2,1H3. The van der Waals surface area contributed by atoms with Crippen molar-refractivity contribution in [3.63, 3.8) is 0 Å². The largest absolute Gasteiger partial charge is 0.324 e. The van der Waals surface area contributed by atoms with Crippen molar-refractivity contribution < 1.29 is 4.39 Å². The summed E-state index contributed by atoms with van der Waals surface area (Å²) in [4.78, 5) is 0. The average molecular weight is 191 g/mol. The molecule has 2 N–H and O–H groups in total. The van der Waals surface area contributed by atoms with Crippen molar-refractivity contribution in [2.45, 2.75) is 25.8 Å². The highest BCUT2D eigenvalue weighted by molar-refractivity contribution is 5.60. The van der Waals surface area contributed by atoms with Crippen LogP contribution in [0, 0.1) is 5.82 Å². The average Bonchev–Trinajstić information content (AvgIpc) is 2.16. The van der Waals surface area contributed by atoms with Gasteiger partial charge in [-0.05, 0) is 43.0 Å². The van der Waals surface area contributed by atoms with Crippen LogP contribution in [0.25, 0.3) is 6.08 Å². The van der Waals surface area contributed by atoms with E-state index in [4.69, 9.17) is 5.73 Å². The molecule has 0 spiro atoms. The molecule has 0 aromatic heterocycles. The second kappa shape index (κ2) is 3.54. The summed E-state index contributed by atoms with van der Waals surface area (Å²) < 4.78 is 13.0. The Morgan fingerprint density at radius 3 is 2.86 bits per heavy atom. The second-order valence-corrected chi connectivity index (χ2v) is 3.85. The molecule has 1 atom stereocenters. The van der Waals surface area contributed by atoms with Gasteiger partial charge in [0.25, 0.3) is 0 Å². The molecule has 1 unspecified atom stereocenters. The Hall–Kier alpha value is -1.15. The van der Waals surface area contributed by atoms with E-state index in [1.54, 1.807) is 6.07 Å². The van der Waals surface area contributed by atoms with Gasteiger partial charge in [0.2, 0.25) is 0 Å². The molecule has 2 heteroatoms. The van der Waals surface area contributed by atoms with E-state index in [0.29, 0.717) is 0 Å². The molecule has 1 aliphatic rings. The molecule has 1 aromatic rings. The van der Waals surface area contributed by atoms with E-state index in [1.807, 2.05) is 19.1 Å². The van der Waals surface area contributed by atoms with Crippen LogP contribution in [0.4, 0.5) is 4.39 Å². The van der Waals surface area contributed by atoms with Gasteiger partial charge in [-0.15, -0.1) is 0 Å². The van der Waals surface area contributed by atoms with E-state index in [1.165, 1.54) is 17.2 Å². The molecule has 0 amide bonds. The first-order valence-corrected chi connectivity index (χ1v) is 4.91. The van der Waals surface area contributed by atoms with Gasteiger partial charge in [0.15, 0.2) is 0 Å².